The zero-order chi connectivity index (χ0) is 19.5. The summed E-state index contributed by atoms with van der Waals surface area (Å²) >= 11 is 0. The summed E-state index contributed by atoms with van der Waals surface area (Å²) in [5, 5.41) is 0. The van der Waals surface area contributed by atoms with E-state index in [1.165, 1.54) is 12.1 Å². The van der Waals surface area contributed by atoms with Gasteiger partial charge in [0.25, 0.3) is 5.91 Å². The Balaban J connectivity index is 1.27. The molecule has 0 aliphatic carbocycles. The molecule has 6 nitrogen and oxygen atoms in total. The van der Waals surface area contributed by atoms with Crippen LogP contribution in [0.3, 0.4) is 0 Å². The van der Waals surface area contributed by atoms with Gasteiger partial charge in [0.1, 0.15) is 24.0 Å². The molecule has 0 atom stereocenters. The number of aryl methyl sites for hydroxylation is 1. The molecule has 0 bridgehead atoms. The number of fused-ring (bicyclic) bond motifs is 1. The number of H-pyrrole nitrogens is 1. The first kappa shape index (κ1) is 18.4. The highest BCUT2D eigenvalue weighted by Gasteiger charge is 2.22. The molecule has 1 aromatic heterocycles. The average molecular weight is 382 g/mol. The largest absolute Gasteiger partial charge is 0.492 e. The molecule has 0 saturated carbocycles. The number of halogens is 1. The van der Waals surface area contributed by atoms with E-state index in [-0.39, 0.29) is 11.7 Å². The van der Waals surface area contributed by atoms with Crippen LogP contribution in [0.1, 0.15) is 16.2 Å². The van der Waals surface area contributed by atoms with E-state index in [4.69, 9.17) is 4.74 Å². The maximum atomic E-state index is 12.9. The van der Waals surface area contributed by atoms with Crippen molar-refractivity contribution in [2.75, 3.05) is 39.3 Å². The normalized spacial score (nSPS) is 15.1. The molecule has 146 valence electrons. The minimum absolute atomic E-state index is 0.0522. The van der Waals surface area contributed by atoms with Gasteiger partial charge in [-0.15, -0.1) is 0 Å². The minimum Gasteiger partial charge on any atom is -0.492 e. The topological polar surface area (TPSA) is 61.5 Å². The molecule has 4 rings (SSSR count). The Morgan fingerprint density at radius 2 is 1.89 bits per heavy atom. The van der Waals surface area contributed by atoms with Crippen molar-refractivity contribution in [1.82, 2.24) is 19.8 Å². The van der Waals surface area contributed by atoms with Gasteiger partial charge in [-0.05, 0) is 49.4 Å². The number of benzene rings is 2. The van der Waals surface area contributed by atoms with E-state index in [2.05, 4.69) is 14.9 Å². The summed E-state index contributed by atoms with van der Waals surface area (Å²) in [5.41, 5.74) is 2.45. The van der Waals surface area contributed by atoms with E-state index in [9.17, 15) is 9.18 Å². The minimum atomic E-state index is -0.269. The van der Waals surface area contributed by atoms with E-state index >= 15 is 0 Å². The van der Waals surface area contributed by atoms with Crippen molar-refractivity contribution in [3.05, 3.63) is 59.7 Å². The summed E-state index contributed by atoms with van der Waals surface area (Å²) in [6, 6.07) is 11.6. The second-order valence-corrected chi connectivity index (χ2v) is 6.99. The Kier molecular flexibility index (Phi) is 5.25. The molecule has 1 fully saturated rings. The molecule has 1 aliphatic rings. The summed E-state index contributed by atoms with van der Waals surface area (Å²) in [4.78, 5) is 24.5. The highest BCUT2D eigenvalue weighted by atomic mass is 19.1. The summed E-state index contributed by atoms with van der Waals surface area (Å²) in [5.74, 6) is 1.29. The molecule has 1 N–H and O–H groups in total. The Hall–Kier alpha value is -2.93. The molecular formula is C21H23FN4O2. The van der Waals surface area contributed by atoms with Gasteiger partial charge in [-0.25, -0.2) is 9.37 Å². The number of hydrogen-bond donors (Lipinski definition) is 1. The number of nitrogens with one attached hydrogen (secondary N) is 1. The van der Waals surface area contributed by atoms with Crippen LogP contribution in [0.4, 0.5) is 4.39 Å². The second kappa shape index (κ2) is 7.98. The number of aromatic nitrogens is 2. The molecule has 7 heteroatoms. The molecule has 1 amide bonds. The molecule has 2 aromatic carbocycles. The Morgan fingerprint density at radius 3 is 2.64 bits per heavy atom. The fourth-order valence-electron chi connectivity index (χ4n) is 3.45. The zero-order valence-electron chi connectivity index (χ0n) is 15.8. The lowest BCUT2D eigenvalue weighted by Crippen LogP contribution is -2.49. The van der Waals surface area contributed by atoms with Gasteiger partial charge < -0.3 is 14.6 Å². The highest BCUT2D eigenvalue weighted by molar-refractivity contribution is 5.97. The second-order valence-electron chi connectivity index (χ2n) is 6.99. The number of aromatic amines is 1. The quantitative estimate of drug-likeness (QED) is 0.737. The number of carbonyl (C=O) groups excluding carboxylic acids is 1. The van der Waals surface area contributed by atoms with Crippen LogP contribution < -0.4 is 4.74 Å². The number of amides is 1. The van der Waals surface area contributed by atoms with Crippen molar-refractivity contribution < 1.29 is 13.9 Å². The van der Waals surface area contributed by atoms with Gasteiger partial charge in [0.05, 0.1) is 11.0 Å². The monoisotopic (exact) mass is 382 g/mol. The Labute approximate surface area is 162 Å². The van der Waals surface area contributed by atoms with Crippen LogP contribution in [0.5, 0.6) is 5.75 Å². The average Bonchev–Trinajstić information content (AvgIpc) is 3.08. The molecule has 28 heavy (non-hydrogen) atoms. The van der Waals surface area contributed by atoms with Crippen LogP contribution in [0, 0.1) is 12.7 Å². The van der Waals surface area contributed by atoms with Crippen molar-refractivity contribution in [2.45, 2.75) is 6.92 Å². The van der Waals surface area contributed by atoms with E-state index < -0.39 is 0 Å². The van der Waals surface area contributed by atoms with Crippen LogP contribution in [-0.2, 0) is 0 Å². The first-order valence-corrected chi connectivity index (χ1v) is 9.45. The van der Waals surface area contributed by atoms with Gasteiger partial charge >= 0.3 is 0 Å². The SMILES string of the molecule is Cc1nc2ccc(C(=O)N3CCN(CCOc4ccc(F)cc4)CC3)cc2[nH]1. The smallest absolute Gasteiger partial charge is 0.254 e. The van der Waals surface area contributed by atoms with Crippen molar-refractivity contribution in [3.8, 4) is 5.75 Å². The number of hydrogen-bond acceptors (Lipinski definition) is 4. The number of rotatable bonds is 5. The van der Waals surface area contributed by atoms with Gasteiger partial charge in [0.2, 0.25) is 0 Å². The fraction of sp³-hybridized carbons (Fsp3) is 0.333. The molecule has 0 spiro atoms. The van der Waals surface area contributed by atoms with E-state index in [1.54, 1.807) is 12.1 Å². The predicted molar refractivity (Wildman–Crippen MR) is 105 cm³/mol. The first-order chi connectivity index (χ1) is 13.6. The summed E-state index contributed by atoms with van der Waals surface area (Å²) in [7, 11) is 0. The molecule has 1 saturated heterocycles. The van der Waals surface area contributed by atoms with E-state index in [0.29, 0.717) is 31.0 Å². The first-order valence-electron chi connectivity index (χ1n) is 9.45. The lowest BCUT2D eigenvalue weighted by molar-refractivity contribution is 0.0620. The molecule has 3 aromatic rings. The zero-order valence-corrected chi connectivity index (χ0v) is 15.8. The van der Waals surface area contributed by atoms with Gasteiger partial charge in [-0.3, -0.25) is 9.69 Å². The third-order valence-corrected chi connectivity index (χ3v) is 5.00. The van der Waals surface area contributed by atoms with Gasteiger partial charge in [-0.2, -0.15) is 0 Å². The van der Waals surface area contributed by atoms with Crippen LogP contribution in [-0.4, -0.2) is 65.0 Å². The van der Waals surface area contributed by atoms with Gasteiger partial charge in [0.15, 0.2) is 0 Å². The van der Waals surface area contributed by atoms with Crippen LogP contribution in [0.15, 0.2) is 42.5 Å². The number of ether oxygens (including phenoxy) is 1. The summed E-state index contributed by atoms with van der Waals surface area (Å²) in [6.07, 6.45) is 0. The maximum absolute atomic E-state index is 12.9. The molecule has 1 aliphatic heterocycles. The maximum Gasteiger partial charge on any atom is 0.254 e. The number of imidazole rings is 1. The molecule has 2 heterocycles. The van der Waals surface area contributed by atoms with E-state index in [0.717, 1.165) is 36.5 Å². The third-order valence-electron chi connectivity index (χ3n) is 5.00. The number of nitrogens with zero attached hydrogens (tertiary/aromatic N) is 3. The molecular weight excluding hydrogens is 359 g/mol. The number of piperazine rings is 1. The van der Waals surface area contributed by atoms with Crippen LogP contribution in [0.2, 0.25) is 0 Å². The van der Waals surface area contributed by atoms with Crippen molar-refractivity contribution in [3.63, 3.8) is 0 Å². The van der Waals surface area contributed by atoms with E-state index in [1.807, 2.05) is 30.0 Å². The van der Waals surface area contributed by atoms with Crippen molar-refractivity contribution >= 4 is 16.9 Å². The summed E-state index contributed by atoms with van der Waals surface area (Å²) < 4.78 is 18.6. The van der Waals surface area contributed by atoms with Gasteiger partial charge in [0, 0.05) is 38.3 Å². The highest BCUT2D eigenvalue weighted by Crippen LogP contribution is 2.16. The predicted octanol–water partition coefficient (Wildman–Crippen LogP) is 2.85. The van der Waals surface area contributed by atoms with Crippen molar-refractivity contribution in [2.24, 2.45) is 0 Å². The van der Waals surface area contributed by atoms with Crippen LogP contribution >= 0.6 is 0 Å². The van der Waals surface area contributed by atoms with Crippen molar-refractivity contribution in [1.29, 1.82) is 0 Å². The van der Waals surface area contributed by atoms with Crippen LogP contribution in [0.25, 0.3) is 11.0 Å². The summed E-state index contributed by atoms with van der Waals surface area (Å²) in [6.45, 7) is 6.22. The molecule has 0 unspecified atom stereocenters. The number of carbonyl (C=O) groups is 1. The fourth-order valence-corrected chi connectivity index (χ4v) is 3.45. The standard InChI is InChI=1S/C21H23FN4O2/c1-15-23-19-7-2-16(14-20(19)24-15)21(27)26-10-8-25(9-11-26)12-13-28-18-5-3-17(22)4-6-18/h2-7,14H,8-13H2,1H3,(H,23,24). The third kappa shape index (κ3) is 4.14. The Morgan fingerprint density at radius 1 is 1.14 bits per heavy atom. The lowest BCUT2D eigenvalue weighted by Gasteiger charge is -2.34. The Bertz CT molecular complexity index is 962. The van der Waals surface area contributed by atoms with Gasteiger partial charge in [-0.1, -0.05) is 0 Å². The molecule has 0 radical (unpaired) electrons. The lowest BCUT2D eigenvalue weighted by atomic mass is 10.1.